The molecule has 0 bridgehead atoms. The molecule has 3 rings (SSSR count). The fraction of sp³-hybridized carbons (Fsp3) is 0.300. The molecule has 0 atom stereocenters. The van der Waals surface area contributed by atoms with Crippen molar-refractivity contribution in [2.75, 3.05) is 44.4 Å². The summed E-state index contributed by atoms with van der Waals surface area (Å²) < 4.78 is 15.6. The smallest absolute Gasteiger partial charge is 0.340 e. The highest BCUT2D eigenvalue weighted by Crippen LogP contribution is 2.27. The third-order valence-corrected chi connectivity index (χ3v) is 4.32. The molecule has 0 aromatic heterocycles. The zero-order chi connectivity index (χ0) is 20.6. The van der Waals surface area contributed by atoms with Gasteiger partial charge in [-0.3, -0.25) is 10.1 Å². The highest BCUT2D eigenvalue weighted by molar-refractivity contribution is 5.96. The first kappa shape index (κ1) is 20.3. The summed E-state index contributed by atoms with van der Waals surface area (Å²) in [5, 5.41) is 11.1. The van der Waals surface area contributed by atoms with E-state index in [4.69, 9.17) is 14.2 Å². The van der Waals surface area contributed by atoms with Crippen LogP contribution in [0.4, 0.5) is 11.4 Å². The lowest BCUT2D eigenvalue weighted by Gasteiger charge is -2.30. The quantitative estimate of drug-likeness (QED) is 0.302. The minimum atomic E-state index is -0.717. The second-order valence-corrected chi connectivity index (χ2v) is 6.20. The van der Waals surface area contributed by atoms with Gasteiger partial charge in [0.25, 0.3) is 5.69 Å². The fourth-order valence-corrected chi connectivity index (χ4v) is 2.89. The van der Waals surface area contributed by atoms with Gasteiger partial charge in [-0.2, -0.15) is 0 Å². The lowest BCUT2D eigenvalue weighted by molar-refractivity contribution is -0.384. The van der Waals surface area contributed by atoms with E-state index in [0.717, 1.165) is 0 Å². The second kappa shape index (κ2) is 9.65. The van der Waals surface area contributed by atoms with Crippen LogP contribution in [0.1, 0.15) is 20.7 Å². The van der Waals surface area contributed by atoms with Crippen molar-refractivity contribution < 1.29 is 28.7 Å². The van der Waals surface area contributed by atoms with E-state index in [1.54, 1.807) is 30.3 Å². The molecule has 1 fully saturated rings. The van der Waals surface area contributed by atoms with E-state index in [0.29, 0.717) is 37.6 Å². The predicted octanol–water partition coefficient (Wildman–Crippen LogP) is 2.45. The van der Waals surface area contributed by atoms with Crippen molar-refractivity contribution in [3.8, 4) is 0 Å². The lowest BCUT2D eigenvalue weighted by atomic mass is 10.1. The van der Waals surface area contributed by atoms with Crippen LogP contribution in [0.2, 0.25) is 0 Å². The lowest BCUT2D eigenvalue weighted by Crippen LogP contribution is -2.37. The number of esters is 2. The number of nitro groups is 1. The zero-order valence-corrected chi connectivity index (χ0v) is 15.6. The van der Waals surface area contributed by atoms with E-state index in [1.165, 1.54) is 18.2 Å². The Balaban J connectivity index is 1.63. The van der Waals surface area contributed by atoms with Gasteiger partial charge < -0.3 is 19.1 Å². The van der Waals surface area contributed by atoms with Crippen LogP contribution >= 0.6 is 0 Å². The number of nitro benzene ring substituents is 1. The van der Waals surface area contributed by atoms with Gasteiger partial charge in [-0.15, -0.1) is 0 Å². The SMILES string of the molecule is O=C(OCCOC(=O)c1cc([N+](=O)[O-])ccc1N1CCOCC1)c1ccccc1. The number of rotatable bonds is 7. The number of morpholine rings is 1. The summed E-state index contributed by atoms with van der Waals surface area (Å²) in [5.74, 6) is -1.24. The Morgan fingerprint density at radius 1 is 1.00 bits per heavy atom. The van der Waals surface area contributed by atoms with Crippen LogP contribution in [0.25, 0.3) is 0 Å². The number of ether oxygens (including phenoxy) is 3. The Kier molecular flexibility index (Phi) is 6.75. The summed E-state index contributed by atoms with van der Waals surface area (Å²) in [6.45, 7) is 1.84. The van der Waals surface area contributed by atoms with Gasteiger partial charge in [0.2, 0.25) is 0 Å². The van der Waals surface area contributed by atoms with Crippen molar-refractivity contribution in [2.45, 2.75) is 0 Å². The molecule has 0 amide bonds. The third-order valence-electron chi connectivity index (χ3n) is 4.32. The highest BCUT2D eigenvalue weighted by atomic mass is 16.6. The molecule has 1 heterocycles. The molecule has 0 spiro atoms. The first-order valence-corrected chi connectivity index (χ1v) is 9.06. The molecule has 0 radical (unpaired) electrons. The Morgan fingerprint density at radius 2 is 1.66 bits per heavy atom. The van der Waals surface area contributed by atoms with Crippen molar-refractivity contribution in [3.05, 3.63) is 69.8 Å². The molecule has 0 saturated carbocycles. The maximum absolute atomic E-state index is 12.6. The molecule has 0 N–H and O–H groups in total. The predicted molar refractivity (Wildman–Crippen MR) is 103 cm³/mol. The number of anilines is 1. The number of hydrogen-bond donors (Lipinski definition) is 0. The molecule has 152 valence electrons. The molecular formula is C20H20N2O7. The van der Waals surface area contributed by atoms with E-state index in [-0.39, 0.29) is 24.5 Å². The molecule has 9 nitrogen and oxygen atoms in total. The van der Waals surface area contributed by atoms with Gasteiger partial charge in [0.05, 0.1) is 35.0 Å². The topological polar surface area (TPSA) is 108 Å². The number of non-ortho nitro benzene ring substituents is 1. The van der Waals surface area contributed by atoms with Crippen molar-refractivity contribution in [3.63, 3.8) is 0 Å². The van der Waals surface area contributed by atoms with Gasteiger partial charge in [-0.1, -0.05) is 18.2 Å². The van der Waals surface area contributed by atoms with E-state index >= 15 is 0 Å². The molecule has 1 saturated heterocycles. The zero-order valence-electron chi connectivity index (χ0n) is 15.6. The van der Waals surface area contributed by atoms with Crippen LogP contribution < -0.4 is 4.90 Å². The molecule has 2 aromatic rings. The third kappa shape index (κ3) is 5.29. The number of carbonyl (C=O) groups is 2. The van der Waals surface area contributed by atoms with Crippen LogP contribution in [-0.2, 0) is 14.2 Å². The molecule has 2 aromatic carbocycles. The van der Waals surface area contributed by atoms with Gasteiger partial charge in [0, 0.05) is 25.2 Å². The molecule has 0 unspecified atom stereocenters. The van der Waals surface area contributed by atoms with Gasteiger partial charge in [0.15, 0.2) is 0 Å². The van der Waals surface area contributed by atoms with E-state index in [2.05, 4.69) is 0 Å². The maximum Gasteiger partial charge on any atom is 0.340 e. The first-order valence-electron chi connectivity index (χ1n) is 9.06. The summed E-state index contributed by atoms with van der Waals surface area (Å²) in [7, 11) is 0. The number of nitrogens with zero attached hydrogens (tertiary/aromatic N) is 2. The molecule has 1 aliphatic heterocycles. The highest BCUT2D eigenvalue weighted by Gasteiger charge is 2.23. The minimum Gasteiger partial charge on any atom is -0.458 e. The summed E-state index contributed by atoms with van der Waals surface area (Å²) in [4.78, 5) is 36.9. The van der Waals surface area contributed by atoms with Gasteiger partial charge in [0.1, 0.15) is 13.2 Å². The van der Waals surface area contributed by atoms with Crippen LogP contribution in [0.15, 0.2) is 48.5 Å². The first-order chi connectivity index (χ1) is 14.1. The summed E-state index contributed by atoms with van der Waals surface area (Å²) in [5.41, 5.74) is 0.831. The van der Waals surface area contributed by atoms with Crippen molar-refractivity contribution in [1.29, 1.82) is 0 Å². The van der Waals surface area contributed by atoms with Gasteiger partial charge >= 0.3 is 11.9 Å². The molecule has 0 aliphatic carbocycles. The average Bonchev–Trinajstić information content (AvgIpc) is 2.77. The van der Waals surface area contributed by atoms with Crippen molar-refractivity contribution in [1.82, 2.24) is 0 Å². The molecular weight excluding hydrogens is 380 g/mol. The fourth-order valence-electron chi connectivity index (χ4n) is 2.89. The summed E-state index contributed by atoms with van der Waals surface area (Å²) in [6.07, 6.45) is 0. The summed E-state index contributed by atoms with van der Waals surface area (Å²) in [6, 6.07) is 12.5. The normalized spacial score (nSPS) is 13.6. The van der Waals surface area contributed by atoms with Crippen LogP contribution in [0.3, 0.4) is 0 Å². The number of carbonyl (C=O) groups excluding carboxylic acids is 2. The van der Waals surface area contributed by atoms with Crippen LogP contribution in [0, 0.1) is 10.1 Å². The van der Waals surface area contributed by atoms with E-state index in [1.807, 2.05) is 4.90 Å². The molecule has 9 heteroatoms. The molecule has 29 heavy (non-hydrogen) atoms. The Morgan fingerprint density at radius 3 is 2.31 bits per heavy atom. The maximum atomic E-state index is 12.6. The Labute approximate surface area is 166 Å². The van der Waals surface area contributed by atoms with Gasteiger partial charge in [-0.25, -0.2) is 9.59 Å². The number of hydrogen-bond acceptors (Lipinski definition) is 8. The Bertz CT molecular complexity index is 880. The largest absolute Gasteiger partial charge is 0.458 e. The van der Waals surface area contributed by atoms with Crippen LogP contribution in [-0.4, -0.2) is 56.4 Å². The van der Waals surface area contributed by atoms with Crippen molar-refractivity contribution in [2.24, 2.45) is 0 Å². The number of benzene rings is 2. The minimum absolute atomic E-state index is 0.0930. The molecule has 1 aliphatic rings. The van der Waals surface area contributed by atoms with Crippen molar-refractivity contribution >= 4 is 23.3 Å². The monoisotopic (exact) mass is 400 g/mol. The van der Waals surface area contributed by atoms with E-state index < -0.39 is 16.9 Å². The standard InChI is InChI=1S/C20H20N2O7/c23-19(15-4-2-1-3-5-15)28-12-13-29-20(24)17-14-16(22(25)26)6-7-18(17)21-8-10-27-11-9-21/h1-7,14H,8-13H2. The van der Waals surface area contributed by atoms with Crippen LogP contribution in [0.5, 0.6) is 0 Å². The Hall–Kier alpha value is -3.46. The van der Waals surface area contributed by atoms with Gasteiger partial charge in [-0.05, 0) is 18.2 Å². The average molecular weight is 400 g/mol. The van der Waals surface area contributed by atoms with E-state index in [9.17, 15) is 19.7 Å². The summed E-state index contributed by atoms with van der Waals surface area (Å²) >= 11 is 0. The second-order valence-electron chi connectivity index (χ2n) is 6.20.